The van der Waals surface area contributed by atoms with Crippen molar-refractivity contribution in [3.8, 4) is 28.7 Å². The molecule has 35 heavy (non-hydrogen) atoms. The van der Waals surface area contributed by atoms with E-state index in [0.29, 0.717) is 40.0 Å². The fraction of sp³-hybridized carbons (Fsp3) is 0.154. The van der Waals surface area contributed by atoms with Gasteiger partial charge in [-0.15, -0.1) is 0 Å². The number of aromatic nitrogens is 1. The van der Waals surface area contributed by atoms with Crippen molar-refractivity contribution in [1.82, 2.24) is 4.98 Å². The molecular formula is C26H23FN2O6. The van der Waals surface area contributed by atoms with E-state index in [1.54, 1.807) is 68.9 Å². The summed E-state index contributed by atoms with van der Waals surface area (Å²) in [4.78, 5) is 17.3. The van der Waals surface area contributed by atoms with E-state index in [-0.39, 0.29) is 13.2 Å². The first-order valence-corrected chi connectivity index (χ1v) is 10.7. The Morgan fingerprint density at radius 3 is 2.37 bits per heavy atom. The van der Waals surface area contributed by atoms with E-state index in [4.69, 9.17) is 18.9 Å². The van der Waals surface area contributed by atoms with Crippen LogP contribution in [0.15, 0.2) is 72.9 Å². The van der Waals surface area contributed by atoms with Crippen LogP contribution in [0, 0.1) is 5.82 Å². The molecule has 0 aliphatic rings. The first-order valence-electron chi connectivity index (χ1n) is 10.7. The number of carboxylic acid groups (broad SMARTS) is 1. The van der Waals surface area contributed by atoms with Gasteiger partial charge in [-0.3, -0.25) is 9.88 Å². The van der Waals surface area contributed by atoms with Gasteiger partial charge in [0.2, 0.25) is 0 Å². The topological polar surface area (TPSA) is 90.4 Å². The molecule has 0 unspecified atom stereocenters. The van der Waals surface area contributed by atoms with Gasteiger partial charge in [-0.1, -0.05) is 6.07 Å². The van der Waals surface area contributed by atoms with Crippen LogP contribution in [-0.2, 0) is 0 Å². The standard InChI is InChI=1S/C26H23FN2O6/c1-32-24-15-21-22(16-25(24)33-2)28-11-10-23(21)35-19-8-6-18(7-9-19)29(26(30)31)12-13-34-20-5-3-4-17(27)14-20/h3-11,14-16H,12-13H2,1-2H3,(H,30,31). The van der Waals surface area contributed by atoms with Gasteiger partial charge in [-0.25, -0.2) is 9.18 Å². The minimum Gasteiger partial charge on any atom is -0.493 e. The first-order chi connectivity index (χ1) is 17.0. The molecule has 4 rings (SSSR count). The van der Waals surface area contributed by atoms with Crippen molar-refractivity contribution >= 4 is 22.7 Å². The Bertz CT molecular complexity index is 1330. The van der Waals surface area contributed by atoms with Crippen molar-refractivity contribution in [3.63, 3.8) is 0 Å². The fourth-order valence-electron chi connectivity index (χ4n) is 3.50. The number of anilines is 1. The van der Waals surface area contributed by atoms with Crippen molar-refractivity contribution in [3.05, 3.63) is 78.7 Å². The predicted molar refractivity (Wildman–Crippen MR) is 129 cm³/mol. The molecule has 1 heterocycles. The van der Waals surface area contributed by atoms with Crippen LogP contribution >= 0.6 is 0 Å². The minimum absolute atomic E-state index is 0.0578. The van der Waals surface area contributed by atoms with E-state index >= 15 is 0 Å². The molecule has 1 aromatic heterocycles. The van der Waals surface area contributed by atoms with Crippen molar-refractivity contribution in [1.29, 1.82) is 0 Å². The summed E-state index contributed by atoms with van der Waals surface area (Å²) < 4.78 is 35.5. The summed E-state index contributed by atoms with van der Waals surface area (Å²) >= 11 is 0. The normalized spacial score (nSPS) is 10.6. The molecule has 180 valence electrons. The Morgan fingerprint density at radius 1 is 0.943 bits per heavy atom. The summed E-state index contributed by atoms with van der Waals surface area (Å²) in [6.45, 7) is 0.116. The van der Waals surface area contributed by atoms with Gasteiger partial charge >= 0.3 is 6.09 Å². The highest BCUT2D eigenvalue weighted by molar-refractivity contribution is 5.88. The highest BCUT2D eigenvalue weighted by Crippen LogP contribution is 2.37. The van der Waals surface area contributed by atoms with Gasteiger partial charge in [0.15, 0.2) is 11.5 Å². The van der Waals surface area contributed by atoms with Crippen LogP contribution in [0.2, 0.25) is 0 Å². The summed E-state index contributed by atoms with van der Waals surface area (Å²) in [5.41, 5.74) is 1.12. The summed E-state index contributed by atoms with van der Waals surface area (Å²) in [6.07, 6.45) is 0.491. The molecule has 0 aliphatic heterocycles. The average Bonchev–Trinajstić information content (AvgIpc) is 2.86. The van der Waals surface area contributed by atoms with E-state index < -0.39 is 11.9 Å². The third kappa shape index (κ3) is 5.52. The second-order valence-electron chi connectivity index (χ2n) is 7.37. The number of hydrogen-bond donors (Lipinski definition) is 1. The molecule has 0 saturated heterocycles. The summed E-state index contributed by atoms with van der Waals surface area (Å²) in [7, 11) is 3.11. The molecule has 4 aromatic rings. The van der Waals surface area contributed by atoms with E-state index in [9.17, 15) is 14.3 Å². The second kappa shape index (κ2) is 10.6. The predicted octanol–water partition coefficient (Wildman–Crippen LogP) is 5.75. The lowest BCUT2D eigenvalue weighted by Gasteiger charge is -2.20. The third-order valence-electron chi connectivity index (χ3n) is 5.19. The molecule has 0 fully saturated rings. The fourth-order valence-corrected chi connectivity index (χ4v) is 3.50. The summed E-state index contributed by atoms with van der Waals surface area (Å²) in [5.74, 6) is 2.08. The number of hydrogen-bond acceptors (Lipinski definition) is 6. The van der Waals surface area contributed by atoms with Crippen LogP contribution in [0.1, 0.15) is 0 Å². The highest BCUT2D eigenvalue weighted by Gasteiger charge is 2.16. The number of carbonyl (C=O) groups is 1. The first kappa shape index (κ1) is 23.6. The molecule has 8 nitrogen and oxygen atoms in total. The Labute approximate surface area is 201 Å². The number of methoxy groups -OCH3 is 2. The van der Waals surface area contributed by atoms with Crippen molar-refractivity contribution in [2.24, 2.45) is 0 Å². The summed E-state index contributed by atoms with van der Waals surface area (Å²) in [5, 5.41) is 10.4. The molecule has 0 bridgehead atoms. The van der Waals surface area contributed by atoms with Crippen LogP contribution in [0.5, 0.6) is 28.7 Å². The molecule has 3 aromatic carbocycles. The highest BCUT2D eigenvalue weighted by atomic mass is 19.1. The number of nitrogens with zero attached hydrogens (tertiary/aromatic N) is 2. The lowest BCUT2D eigenvalue weighted by atomic mass is 10.2. The number of rotatable bonds is 9. The maximum Gasteiger partial charge on any atom is 0.411 e. The van der Waals surface area contributed by atoms with E-state index in [0.717, 1.165) is 10.3 Å². The molecular weight excluding hydrogens is 455 g/mol. The number of pyridine rings is 1. The molecule has 0 aliphatic carbocycles. The SMILES string of the molecule is COc1cc2nccc(Oc3ccc(N(CCOc4cccc(F)c4)C(=O)O)cc3)c2cc1OC. The Hall–Kier alpha value is -4.53. The van der Waals surface area contributed by atoms with Gasteiger partial charge in [0.05, 0.1) is 26.3 Å². The lowest BCUT2D eigenvalue weighted by molar-refractivity contribution is 0.199. The van der Waals surface area contributed by atoms with Crippen LogP contribution in [0.25, 0.3) is 10.9 Å². The molecule has 0 atom stereocenters. The molecule has 9 heteroatoms. The third-order valence-corrected chi connectivity index (χ3v) is 5.19. The van der Waals surface area contributed by atoms with Gasteiger partial charge in [0, 0.05) is 29.4 Å². The Morgan fingerprint density at radius 2 is 1.69 bits per heavy atom. The number of fused-ring (bicyclic) bond motifs is 1. The average molecular weight is 478 g/mol. The van der Waals surface area contributed by atoms with E-state index in [1.807, 2.05) is 0 Å². The number of halogens is 1. The number of benzene rings is 3. The molecule has 0 radical (unpaired) electrons. The number of amides is 1. The van der Waals surface area contributed by atoms with Crippen LogP contribution in [-0.4, -0.2) is 43.6 Å². The smallest absolute Gasteiger partial charge is 0.411 e. The maximum absolute atomic E-state index is 13.3. The van der Waals surface area contributed by atoms with Gasteiger partial charge < -0.3 is 24.1 Å². The van der Waals surface area contributed by atoms with Crippen LogP contribution in [0.3, 0.4) is 0 Å². The summed E-state index contributed by atoms with van der Waals surface area (Å²) in [6, 6.07) is 17.6. The number of ether oxygens (including phenoxy) is 4. The molecule has 1 N–H and O–H groups in total. The monoisotopic (exact) mass is 478 g/mol. The van der Waals surface area contributed by atoms with Crippen molar-refractivity contribution in [2.75, 3.05) is 32.3 Å². The van der Waals surface area contributed by atoms with Crippen LogP contribution in [0.4, 0.5) is 14.9 Å². The Kier molecular flexibility index (Phi) is 7.15. The second-order valence-corrected chi connectivity index (χ2v) is 7.37. The minimum atomic E-state index is -1.14. The lowest BCUT2D eigenvalue weighted by Crippen LogP contribution is -2.33. The maximum atomic E-state index is 13.3. The van der Waals surface area contributed by atoms with Gasteiger partial charge in [-0.2, -0.15) is 0 Å². The van der Waals surface area contributed by atoms with E-state index in [1.165, 1.54) is 18.2 Å². The van der Waals surface area contributed by atoms with Gasteiger partial charge in [-0.05, 0) is 48.5 Å². The quantitative estimate of drug-likeness (QED) is 0.328. The van der Waals surface area contributed by atoms with Gasteiger partial charge in [0.25, 0.3) is 0 Å². The largest absolute Gasteiger partial charge is 0.493 e. The zero-order valence-electron chi connectivity index (χ0n) is 19.1. The molecule has 0 spiro atoms. The zero-order chi connectivity index (χ0) is 24.8. The molecule has 0 saturated carbocycles. The van der Waals surface area contributed by atoms with Crippen molar-refractivity contribution < 1.29 is 33.2 Å². The Balaban J connectivity index is 1.48. The van der Waals surface area contributed by atoms with Crippen molar-refractivity contribution in [2.45, 2.75) is 0 Å². The van der Waals surface area contributed by atoms with E-state index in [2.05, 4.69) is 4.98 Å². The zero-order valence-corrected chi connectivity index (χ0v) is 19.1. The molecule has 1 amide bonds. The van der Waals surface area contributed by atoms with Crippen LogP contribution < -0.4 is 23.8 Å². The van der Waals surface area contributed by atoms with Gasteiger partial charge in [0.1, 0.15) is 29.7 Å².